The van der Waals surface area contributed by atoms with Crippen LogP contribution >= 0.6 is 11.6 Å². The van der Waals surface area contributed by atoms with Gasteiger partial charge in [0.05, 0.1) is 10.8 Å². The number of carbonyl (C=O) groups is 2. The fourth-order valence-electron chi connectivity index (χ4n) is 6.42. The largest absolute Gasteiger partial charge is 0.324 e. The molecule has 0 aliphatic carbocycles. The molecule has 1 N–H and O–H groups in total. The molecular weight excluding hydrogens is 468 g/mol. The van der Waals surface area contributed by atoms with Gasteiger partial charge in [-0.25, -0.2) is 0 Å². The zero-order valence-corrected chi connectivity index (χ0v) is 19.3. The van der Waals surface area contributed by atoms with E-state index in [2.05, 4.69) is 15.2 Å². The highest BCUT2D eigenvalue weighted by atomic mass is 35.5. The van der Waals surface area contributed by atoms with E-state index in [0.717, 1.165) is 12.8 Å². The quantitative estimate of drug-likeness (QED) is 0.328. The summed E-state index contributed by atoms with van der Waals surface area (Å²) in [7, 11) is 0. The highest BCUT2D eigenvalue weighted by Crippen LogP contribution is 2.61. The van der Waals surface area contributed by atoms with Gasteiger partial charge in [-0.05, 0) is 55.3 Å². The van der Waals surface area contributed by atoms with Crippen molar-refractivity contribution in [2.45, 2.75) is 30.3 Å². The minimum absolute atomic E-state index is 0.0450. The Morgan fingerprint density at radius 2 is 2.03 bits per heavy atom. The van der Waals surface area contributed by atoms with Gasteiger partial charge >= 0.3 is 0 Å². The van der Waals surface area contributed by atoms with Crippen molar-refractivity contribution in [2.75, 3.05) is 11.9 Å². The van der Waals surface area contributed by atoms with E-state index in [0.29, 0.717) is 28.4 Å². The summed E-state index contributed by atoms with van der Waals surface area (Å²) in [5.74, 6) is -1.82. The Kier molecular flexibility index (Phi) is 4.98. The van der Waals surface area contributed by atoms with E-state index < -0.39 is 22.3 Å². The highest BCUT2D eigenvalue weighted by molar-refractivity contribution is 6.31. The number of carbonyl (C=O) groups excluding carboxylic acids is 2. The first-order valence-corrected chi connectivity index (χ1v) is 11.9. The molecule has 1 spiro atoms. The molecule has 3 aliphatic heterocycles. The first-order chi connectivity index (χ1) is 16.9. The fraction of sp³-hybridized carbons (Fsp3) is 0.269. The fourth-order valence-corrected chi connectivity index (χ4v) is 6.59. The van der Waals surface area contributed by atoms with Crippen molar-refractivity contribution < 1.29 is 14.5 Å². The highest BCUT2D eigenvalue weighted by Gasteiger charge is 2.69. The van der Waals surface area contributed by atoms with E-state index in [1.54, 1.807) is 48.7 Å². The summed E-state index contributed by atoms with van der Waals surface area (Å²) in [5.41, 5.74) is 0.900. The summed E-state index contributed by atoms with van der Waals surface area (Å²) in [4.78, 5) is 45.7. The lowest BCUT2D eigenvalue weighted by Crippen LogP contribution is -2.53. The number of non-ortho nitro benzene ring substituents is 1. The Bertz CT molecular complexity index is 1380. The smallest absolute Gasteiger partial charge is 0.269 e. The van der Waals surface area contributed by atoms with Crippen molar-refractivity contribution >= 4 is 34.7 Å². The van der Waals surface area contributed by atoms with Gasteiger partial charge in [-0.1, -0.05) is 29.8 Å². The summed E-state index contributed by atoms with van der Waals surface area (Å²) < 4.78 is 0. The van der Waals surface area contributed by atoms with Gasteiger partial charge in [-0.3, -0.25) is 29.6 Å². The maximum absolute atomic E-state index is 14.2. The van der Waals surface area contributed by atoms with Crippen molar-refractivity contribution in [3.63, 3.8) is 0 Å². The van der Waals surface area contributed by atoms with E-state index in [1.807, 2.05) is 6.07 Å². The summed E-state index contributed by atoms with van der Waals surface area (Å²) in [6, 6.07) is 16.6. The number of rotatable bonds is 4. The predicted molar refractivity (Wildman–Crippen MR) is 129 cm³/mol. The lowest BCUT2D eigenvalue weighted by atomic mass is 9.69. The molecule has 1 amide bonds. The Labute approximate surface area is 206 Å². The van der Waals surface area contributed by atoms with E-state index in [9.17, 15) is 19.7 Å². The van der Waals surface area contributed by atoms with Gasteiger partial charge in [0, 0.05) is 46.6 Å². The van der Waals surface area contributed by atoms with Crippen LogP contribution in [0.25, 0.3) is 0 Å². The second kappa shape index (κ2) is 7.96. The monoisotopic (exact) mass is 488 g/mol. The average molecular weight is 489 g/mol. The number of anilines is 1. The van der Waals surface area contributed by atoms with Crippen LogP contribution in [0.3, 0.4) is 0 Å². The minimum atomic E-state index is -1.29. The van der Waals surface area contributed by atoms with Gasteiger partial charge in [-0.15, -0.1) is 0 Å². The molecule has 0 unspecified atom stereocenters. The molecule has 6 rings (SSSR count). The van der Waals surface area contributed by atoms with Crippen LogP contribution in [0.2, 0.25) is 5.02 Å². The van der Waals surface area contributed by atoms with Crippen molar-refractivity contribution in [3.8, 4) is 0 Å². The molecule has 9 heteroatoms. The van der Waals surface area contributed by atoms with Crippen molar-refractivity contribution in [2.24, 2.45) is 5.92 Å². The number of ketones is 1. The number of nitrogens with zero attached hydrogens (tertiary/aromatic N) is 3. The maximum Gasteiger partial charge on any atom is 0.269 e. The normalized spacial score (nSPS) is 27.0. The number of amides is 1. The van der Waals surface area contributed by atoms with E-state index in [4.69, 9.17) is 11.6 Å². The number of benzene rings is 2. The van der Waals surface area contributed by atoms with Crippen LogP contribution in [-0.4, -0.2) is 39.1 Å². The van der Waals surface area contributed by atoms with Crippen LogP contribution in [0.1, 0.15) is 40.4 Å². The van der Waals surface area contributed by atoms with Crippen molar-refractivity contribution in [1.82, 2.24) is 9.88 Å². The summed E-state index contributed by atoms with van der Waals surface area (Å²) >= 11 is 6.40. The molecule has 2 fully saturated rings. The van der Waals surface area contributed by atoms with Crippen LogP contribution < -0.4 is 5.32 Å². The molecule has 3 aromatic rings. The van der Waals surface area contributed by atoms with Crippen LogP contribution in [0.4, 0.5) is 11.4 Å². The van der Waals surface area contributed by atoms with Crippen LogP contribution in [-0.2, 0) is 10.3 Å². The first kappa shape index (κ1) is 21.9. The lowest BCUT2D eigenvalue weighted by molar-refractivity contribution is -0.384. The number of hydrogen-bond acceptors (Lipinski definition) is 6. The van der Waals surface area contributed by atoms with Gasteiger partial charge in [0.2, 0.25) is 5.91 Å². The second-order valence-electron chi connectivity index (χ2n) is 9.25. The number of pyridine rings is 1. The summed E-state index contributed by atoms with van der Waals surface area (Å²) in [6.45, 7) is 0.626. The van der Waals surface area contributed by atoms with Gasteiger partial charge in [0.25, 0.3) is 5.69 Å². The SMILES string of the molecule is O=C(c1ccccn1)[C@@H]1[C@H](c2cccc([N+](=O)[O-])c2)[C@@H]2CCCN2[C@@]12C(=O)Nc1ccc(Cl)cc12. The van der Waals surface area contributed by atoms with E-state index in [-0.39, 0.29) is 29.1 Å². The topological polar surface area (TPSA) is 105 Å². The lowest BCUT2D eigenvalue weighted by Gasteiger charge is -2.36. The second-order valence-corrected chi connectivity index (χ2v) is 9.68. The Morgan fingerprint density at radius 1 is 1.17 bits per heavy atom. The standard InChI is InChI=1S/C26H21ClN4O4/c27-16-9-10-19-18(14-16)26(25(33)29-19)23(24(32)20-7-1-2-11-28-20)22(21-8-4-12-30(21)26)15-5-3-6-17(13-15)31(34)35/h1-3,5-7,9-11,13-14,21-23H,4,8,12H2,(H,29,33)/t21-,22+,23-,26+/m0/s1. The summed E-state index contributed by atoms with van der Waals surface area (Å²) in [6.07, 6.45) is 3.17. The van der Waals surface area contributed by atoms with Gasteiger partial charge in [-0.2, -0.15) is 0 Å². The number of hydrogen-bond donors (Lipinski definition) is 1. The number of fused-ring (bicyclic) bond motifs is 4. The molecule has 3 aliphatic rings. The molecule has 35 heavy (non-hydrogen) atoms. The zero-order valence-electron chi connectivity index (χ0n) is 18.6. The molecule has 0 saturated carbocycles. The van der Waals surface area contributed by atoms with Gasteiger partial charge in [0.1, 0.15) is 11.2 Å². The molecule has 8 nitrogen and oxygen atoms in total. The van der Waals surface area contributed by atoms with Gasteiger partial charge in [0.15, 0.2) is 5.78 Å². The Hall–Kier alpha value is -3.62. The molecule has 4 atom stereocenters. The van der Waals surface area contributed by atoms with Crippen molar-refractivity contribution in [1.29, 1.82) is 0 Å². The van der Waals surface area contributed by atoms with Crippen molar-refractivity contribution in [3.05, 3.63) is 98.8 Å². The number of nitro groups is 1. The van der Waals surface area contributed by atoms with E-state index >= 15 is 0 Å². The predicted octanol–water partition coefficient (Wildman–Crippen LogP) is 4.55. The Balaban J connectivity index is 1.63. The molecule has 176 valence electrons. The molecule has 0 radical (unpaired) electrons. The Morgan fingerprint density at radius 3 is 2.80 bits per heavy atom. The maximum atomic E-state index is 14.2. The minimum Gasteiger partial charge on any atom is -0.324 e. The number of nitrogens with one attached hydrogen (secondary N) is 1. The molecule has 0 bridgehead atoms. The number of Topliss-reactive ketones (excluding diaryl/α,β-unsaturated/α-hetero) is 1. The number of nitro benzene ring substituents is 1. The zero-order chi connectivity index (χ0) is 24.3. The van der Waals surface area contributed by atoms with Gasteiger partial charge < -0.3 is 5.32 Å². The molecule has 2 aromatic carbocycles. The average Bonchev–Trinajstić information content (AvgIpc) is 3.52. The number of halogens is 1. The third-order valence-electron chi connectivity index (χ3n) is 7.63. The molecule has 2 saturated heterocycles. The first-order valence-electron chi connectivity index (χ1n) is 11.5. The molecule has 1 aromatic heterocycles. The van der Waals surface area contributed by atoms with Crippen LogP contribution in [0, 0.1) is 16.0 Å². The third-order valence-corrected chi connectivity index (χ3v) is 7.86. The van der Waals surface area contributed by atoms with Crippen LogP contribution in [0.15, 0.2) is 66.9 Å². The number of aromatic nitrogens is 1. The molecular formula is C26H21ClN4O4. The van der Waals surface area contributed by atoms with E-state index in [1.165, 1.54) is 12.1 Å². The molecule has 4 heterocycles. The summed E-state index contributed by atoms with van der Waals surface area (Å²) in [5, 5.41) is 15.0. The van der Waals surface area contributed by atoms with Crippen LogP contribution in [0.5, 0.6) is 0 Å². The third kappa shape index (κ3) is 3.06.